The van der Waals surface area contributed by atoms with Gasteiger partial charge in [-0.25, -0.2) is 14.4 Å². The summed E-state index contributed by atoms with van der Waals surface area (Å²) in [4.78, 5) is 49.2. The zero-order valence-corrected chi connectivity index (χ0v) is 30.6. The van der Waals surface area contributed by atoms with Gasteiger partial charge in [0.1, 0.15) is 25.4 Å². The van der Waals surface area contributed by atoms with Crippen LogP contribution in [0.15, 0.2) is 38.0 Å². The summed E-state index contributed by atoms with van der Waals surface area (Å²) >= 11 is 0. The highest BCUT2D eigenvalue weighted by molar-refractivity contribution is 5.82. The van der Waals surface area contributed by atoms with Gasteiger partial charge in [0.25, 0.3) is 0 Å². The molecule has 0 N–H and O–H groups in total. The molecule has 0 amide bonds. The van der Waals surface area contributed by atoms with Gasteiger partial charge >= 0.3 is 23.9 Å². The molecule has 3 heterocycles. The summed E-state index contributed by atoms with van der Waals surface area (Å²) in [5, 5.41) is 0. The molecule has 6 unspecified atom stereocenters. The molecule has 3 fully saturated rings. The van der Waals surface area contributed by atoms with E-state index in [4.69, 9.17) is 37.9 Å². The van der Waals surface area contributed by atoms with E-state index in [9.17, 15) is 19.2 Å². The van der Waals surface area contributed by atoms with Crippen LogP contribution in [0, 0.1) is 0 Å². The van der Waals surface area contributed by atoms with Crippen molar-refractivity contribution in [3.05, 3.63) is 38.0 Å². The molecule has 2 spiro atoms. The second-order valence-electron chi connectivity index (χ2n) is 13.4. The van der Waals surface area contributed by atoms with Crippen LogP contribution in [0.25, 0.3) is 0 Å². The molecule has 51 heavy (non-hydrogen) atoms. The second-order valence-corrected chi connectivity index (χ2v) is 13.4. The highest BCUT2D eigenvalue weighted by Crippen LogP contribution is 2.56. The number of esters is 4. The van der Waals surface area contributed by atoms with Crippen LogP contribution in [-0.4, -0.2) is 99.1 Å². The topological polar surface area (TPSA) is 142 Å². The number of rotatable bonds is 27. The number of hydrogen-bond donors (Lipinski definition) is 0. The quantitative estimate of drug-likeness (QED) is 0.0423. The Morgan fingerprint density at radius 1 is 0.608 bits per heavy atom. The molecule has 3 aliphatic heterocycles. The molecule has 3 saturated heterocycles. The van der Waals surface area contributed by atoms with Gasteiger partial charge in [0.05, 0.1) is 26.4 Å². The summed E-state index contributed by atoms with van der Waals surface area (Å²) in [6.45, 7) is 12.1. The smallest absolute Gasteiger partial charge is 0.330 e. The molecule has 288 valence electrons. The Morgan fingerprint density at radius 3 is 1.57 bits per heavy atom. The number of carbonyl (C=O) groups is 4. The van der Waals surface area contributed by atoms with Crippen molar-refractivity contribution in [2.45, 2.75) is 145 Å². The molecule has 0 saturated carbocycles. The second kappa shape index (κ2) is 22.8. The van der Waals surface area contributed by atoms with Crippen LogP contribution in [0.5, 0.6) is 0 Å². The predicted octanol–water partition coefficient (Wildman–Crippen LogP) is 6.04. The van der Waals surface area contributed by atoms with Crippen LogP contribution < -0.4 is 0 Å². The van der Waals surface area contributed by atoms with Crippen molar-refractivity contribution in [2.75, 3.05) is 39.6 Å². The minimum Gasteiger partial charge on any atom is -0.463 e. The summed E-state index contributed by atoms with van der Waals surface area (Å²) in [5.74, 6) is -2.41. The summed E-state index contributed by atoms with van der Waals surface area (Å²) in [7, 11) is 0. The van der Waals surface area contributed by atoms with Crippen molar-refractivity contribution in [3.63, 3.8) is 0 Å². The Morgan fingerprint density at radius 2 is 1.10 bits per heavy atom. The van der Waals surface area contributed by atoms with Crippen molar-refractivity contribution in [2.24, 2.45) is 0 Å². The molecule has 0 aromatic rings. The predicted molar refractivity (Wildman–Crippen MR) is 189 cm³/mol. The fourth-order valence-electron chi connectivity index (χ4n) is 7.18. The molecule has 0 aliphatic carbocycles. The molecule has 3 rings (SSSR count). The largest absolute Gasteiger partial charge is 0.463 e. The van der Waals surface area contributed by atoms with Gasteiger partial charge in [0.2, 0.25) is 0 Å². The molecule has 0 aromatic carbocycles. The van der Waals surface area contributed by atoms with Gasteiger partial charge in [-0.05, 0) is 6.42 Å². The molecule has 12 heteroatoms. The van der Waals surface area contributed by atoms with Gasteiger partial charge < -0.3 is 37.9 Å². The van der Waals surface area contributed by atoms with E-state index >= 15 is 0 Å². The Hall–Kier alpha value is -3.06. The van der Waals surface area contributed by atoms with Gasteiger partial charge in [-0.2, -0.15) is 0 Å². The number of unbranched alkanes of at least 4 members (excludes halogenated alkanes) is 14. The normalized spacial score (nSPS) is 26.4. The maximum absolute atomic E-state index is 12.9. The first-order chi connectivity index (χ1) is 24.8. The van der Waals surface area contributed by atoms with Crippen LogP contribution in [0.4, 0.5) is 0 Å². The molecular weight excluding hydrogens is 660 g/mol. The Labute approximate surface area is 303 Å². The van der Waals surface area contributed by atoms with Gasteiger partial charge in [0, 0.05) is 24.6 Å². The van der Waals surface area contributed by atoms with E-state index in [0.29, 0.717) is 6.42 Å². The highest BCUT2D eigenvalue weighted by Gasteiger charge is 2.81. The zero-order chi connectivity index (χ0) is 37.0. The first kappa shape index (κ1) is 42.4. The molecule has 3 aliphatic rings. The van der Waals surface area contributed by atoms with E-state index in [-0.39, 0.29) is 52.0 Å². The summed E-state index contributed by atoms with van der Waals surface area (Å²) in [5.41, 5.74) is -3.10. The number of fused-ring (bicyclic) bond motifs is 1. The van der Waals surface area contributed by atoms with E-state index in [1.165, 1.54) is 70.6 Å². The van der Waals surface area contributed by atoms with E-state index in [2.05, 4.69) is 26.7 Å². The lowest BCUT2D eigenvalue weighted by Gasteiger charge is -2.68. The highest BCUT2D eigenvalue weighted by atomic mass is 16.7. The molecule has 0 bridgehead atoms. The van der Waals surface area contributed by atoms with Gasteiger partial charge in [-0.3, -0.25) is 4.79 Å². The van der Waals surface area contributed by atoms with Crippen molar-refractivity contribution in [1.29, 1.82) is 0 Å². The molecular formula is C39H60O12. The van der Waals surface area contributed by atoms with Crippen molar-refractivity contribution in [3.8, 4) is 0 Å². The molecule has 6 atom stereocenters. The first-order valence-corrected chi connectivity index (χ1v) is 18.9. The maximum atomic E-state index is 12.9. The molecule has 0 radical (unpaired) electrons. The lowest BCUT2D eigenvalue weighted by molar-refractivity contribution is -0.452. The summed E-state index contributed by atoms with van der Waals surface area (Å²) < 4.78 is 46.7. The van der Waals surface area contributed by atoms with Crippen molar-refractivity contribution in [1.82, 2.24) is 0 Å². The summed E-state index contributed by atoms with van der Waals surface area (Å²) in [6.07, 6.45) is 18.0. The molecule has 12 nitrogen and oxygen atoms in total. The number of ether oxygens (including phenoxy) is 8. The Balaban J connectivity index is 1.52. The fraction of sp³-hybridized carbons (Fsp3) is 0.744. The van der Waals surface area contributed by atoms with E-state index in [1.54, 1.807) is 0 Å². The summed E-state index contributed by atoms with van der Waals surface area (Å²) in [6, 6.07) is 0. The minimum atomic E-state index is -1.58. The number of carbonyl (C=O) groups excluding carboxylic acids is 4. The zero-order valence-electron chi connectivity index (χ0n) is 30.6. The molecule has 0 aromatic heterocycles. The third-order valence-corrected chi connectivity index (χ3v) is 9.96. The van der Waals surface area contributed by atoms with Crippen LogP contribution in [-0.2, 0) is 57.1 Å². The van der Waals surface area contributed by atoms with Crippen LogP contribution in [0.3, 0.4) is 0 Å². The average Bonchev–Trinajstić information content (AvgIpc) is 3.13. The van der Waals surface area contributed by atoms with Crippen molar-refractivity contribution >= 4 is 23.9 Å². The van der Waals surface area contributed by atoms with Crippen molar-refractivity contribution < 1.29 is 57.1 Å². The SMILES string of the molecule is C=CC(=O)OCCOC1COC(COC(=O)CCCCCCCCCCCCCCCCC)C2(OCC2OC(=O)C=C)C12OCC2OC(=O)C=C. The van der Waals surface area contributed by atoms with Crippen LogP contribution in [0.2, 0.25) is 0 Å². The Bertz CT molecular complexity index is 1140. The van der Waals surface area contributed by atoms with Crippen LogP contribution in [0.1, 0.15) is 110 Å². The van der Waals surface area contributed by atoms with Gasteiger partial charge in [-0.15, -0.1) is 0 Å². The van der Waals surface area contributed by atoms with E-state index in [1.807, 2.05) is 0 Å². The average molecular weight is 721 g/mol. The standard InChI is InChI=1S/C39H60O12/c1-5-9-10-11-12-13-14-15-16-17-18-19-20-21-22-23-37(43)47-27-31-39(33(29-49-39)51-36(42)8-4)38(32(28-48-38)50-35(41)7-3)30(26-46-31)44-24-25-45-34(40)6-2/h6-8,30-33H,2-5,9-29H2,1H3. The van der Waals surface area contributed by atoms with Gasteiger partial charge in [0.15, 0.2) is 23.4 Å². The fourth-order valence-corrected chi connectivity index (χ4v) is 7.18. The lowest BCUT2D eigenvalue weighted by Crippen LogP contribution is -2.91. The Kier molecular flexibility index (Phi) is 18.9. The van der Waals surface area contributed by atoms with Gasteiger partial charge in [-0.1, -0.05) is 117 Å². The van der Waals surface area contributed by atoms with Crippen LogP contribution >= 0.6 is 0 Å². The third-order valence-electron chi connectivity index (χ3n) is 9.96. The third kappa shape index (κ3) is 11.7. The lowest BCUT2D eigenvalue weighted by atomic mass is 9.62. The number of hydrogen-bond acceptors (Lipinski definition) is 12. The first-order valence-electron chi connectivity index (χ1n) is 18.9. The monoisotopic (exact) mass is 720 g/mol. The van der Waals surface area contributed by atoms with E-state index < -0.39 is 53.5 Å². The minimum absolute atomic E-state index is 0.0101. The van der Waals surface area contributed by atoms with E-state index in [0.717, 1.165) is 37.5 Å². The maximum Gasteiger partial charge on any atom is 0.330 e.